The van der Waals surface area contributed by atoms with E-state index in [1.54, 1.807) is 23.7 Å². The number of aromatic nitrogens is 1. The molecule has 1 aromatic heterocycles. The van der Waals surface area contributed by atoms with E-state index in [1.807, 2.05) is 22.2 Å². The van der Waals surface area contributed by atoms with Crippen LogP contribution in [0.1, 0.15) is 54.9 Å². The van der Waals surface area contributed by atoms with Crippen LogP contribution in [0.2, 0.25) is 0 Å². The number of nitrogens with zero attached hydrogens (tertiary/aromatic N) is 1. The van der Waals surface area contributed by atoms with Crippen LogP contribution in [0, 0.1) is 0 Å². The van der Waals surface area contributed by atoms with E-state index in [0.717, 1.165) is 41.5 Å². The number of hydrogen-bond acceptors (Lipinski definition) is 5. The molecule has 30 heavy (non-hydrogen) atoms. The largest absolute Gasteiger partial charge is 0.494 e. The zero-order valence-corrected chi connectivity index (χ0v) is 17.5. The number of unbranched alkanes of at least 4 members (excludes halogenated alkanes) is 1. The van der Waals surface area contributed by atoms with Gasteiger partial charge in [-0.1, -0.05) is 24.4 Å². The Balaban J connectivity index is 1.24. The number of rotatable bonds is 9. The predicted octanol–water partition coefficient (Wildman–Crippen LogP) is 5.11. The fourth-order valence-corrected chi connectivity index (χ4v) is 4.94. The second-order valence-corrected chi connectivity index (χ2v) is 8.57. The zero-order valence-electron chi connectivity index (χ0n) is 16.7. The molecule has 3 aromatic rings. The van der Waals surface area contributed by atoms with Gasteiger partial charge in [-0.15, -0.1) is 0 Å². The summed E-state index contributed by atoms with van der Waals surface area (Å²) in [5.74, 6) is 0.500. The maximum Gasteiger partial charge on any atom is 0.335 e. The minimum atomic E-state index is -0.945. The van der Waals surface area contributed by atoms with Crippen LogP contribution < -0.4 is 15.0 Å². The summed E-state index contributed by atoms with van der Waals surface area (Å²) in [6.07, 6.45) is 6.27. The number of ether oxygens (including phenoxy) is 2. The molecule has 0 amide bonds. The second kappa shape index (κ2) is 9.34. The molecule has 0 aliphatic heterocycles. The van der Waals surface area contributed by atoms with Crippen molar-refractivity contribution in [3.8, 4) is 11.5 Å². The molecule has 0 radical (unpaired) electrons. The molecular weight excluding hydrogens is 402 g/mol. The fourth-order valence-electron chi connectivity index (χ4n) is 3.77. The van der Waals surface area contributed by atoms with Gasteiger partial charge in [0.05, 0.1) is 28.9 Å². The molecule has 2 aromatic carbocycles. The van der Waals surface area contributed by atoms with Crippen LogP contribution in [-0.4, -0.2) is 28.2 Å². The first-order valence-corrected chi connectivity index (χ1v) is 11.1. The third-order valence-corrected chi connectivity index (χ3v) is 6.61. The quantitative estimate of drug-likeness (QED) is 0.480. The van der Waals surface area contributed by atoms with Gasteiger partial charge in [-0.25, -0.2) is 4.79 Å². The Labute approximate surface area is 178 Å². The van der Waals surface area contributed by atoms with Crippen LogP contribution in [0.3, 0.4) is 0 Å². The van der Waals surface area contributed by atoms with Crippen molar-refractivity contribution in [3.05, 3.63) is 58.4 Å². The lowest BCUT2D eigenvalue weighted by atomic mass is 10.2. The third kappa shape index (κ3) is 4.67. The summed E-state index contributed by atoms with van der Waals surface area (Å²) < 4.78 is 14.4. The summed E-state index contributed by atoms with van der Waals surface area (Å²) in [6, 6.07) is 12.5. The van der Waals surface area contributed by atoms with Gasteiger partial charge < -0.3 is 14.6 Å². The van der Waals surface area contributed by atoms with E-state index in [4.69, 9.17) is 14.6 Å². The van der Waals surface area contributed by atoms with Crippen molar-refractivity contribution < 1.29 is 19.4 Å². The molecule has 0 bridgehead atoms. The number of fused-ring (bicyclic) bond motifs is 1. The first-order valence-electron chi connectivity index (χ1n) is 10.4. The Hall–Kier alpha value is -2.80. The zero-order chi connectivity index (χ0) is 20.9. The molecular formula is C23H25NO5S. The van der Waals surface area contributed by atoms with Gasteiger partial charge in [0.15, 0.2) is 0 Å². The van der Waals surface area contributed by atoms with Crippen molar-refractivity contribution in [1.29, 1.82) is 0 Å². The normalized spacial score (nSPS) is 14.3. The highest BCUT2D eigenvalue weighted by molar-refractivity contribution is 7.13. The molecule has 1 fully saturated rings. The van der Waals surface area contributed by atoms with E-state index in [-0.39, 0.29) is 11.1 Å². The molecule has 7 heteroatoms. The number of carboxylic acid groups (broad SMARTS) is 1. The average Bonchev–Trinajstić information content (AvgIpc) is 3.39. The van der Waals surface area contributed by atoms with Crippen molar-refractivity contribution >= 4 is 27.6 Å². The van der Waals surface area contributed by atoms with E-state index >= 15 is 0 Å². The minimum absolute atomic E-state index is 0.127. The lowest BCUT2D eigenvalue weighted by Gasteiger charge is -2.08. The first-order chi connectivity index (χ1) is 14.6. The lowest BCUT2D eigenvalue weighted by molar-refractivity contribution is 0.0697. The minimum Gasteiger partial charge on any atom is -0.494 e. The van der Waals surface area contributed by atoms with Gasteiger partial charge in [-0.3, -0.25) is 8.75 Å². The molecule has 1 saturated carbocycles. The second-order valence-electron chi connectivity index (χ2n) is 7.55. The molecule has 0 saturated heterocycles. The standard InChI is InChI=1S/C23H25NO5S/c25-22-20-12-11-19(15-21(20)30-24(22)17-5-1-2-6-17)29-14-4-3-13-28-18-9-7-16(8-10-18)23(26)27/h7-12,15,17H,1-6,13-14H2,(H,26,27). The van der Waals surface area contributed by atoms with Crippen molar-refractivity contribution in [2.24, 2.45) is 0 Å². The Kier molecular flexibility index (Phi) is 6.38. The van der Waals surface area contributed by atoms with E-state index in [2.05, 4.69) is 0 Å². The van der Waals surface area contributed by atoms with Gasteiger partial charge >= 0.3 is 5.97 Å². The number of hydrogen-bond donors (Lipinski definition) is 1. The molecule has 0 unspecified atom stereocenters. The molecule has 1 aliphatic carbocycles. The maximum absolute atomic E-state index is 12.6. The highest BCUT2D eigenvalue weighted by Gasteiger charge is 2.21. The summed E-state index contributed by atoms with van der Waals surface area (Å²) in [7, 11) is 0. The Bertz CT molecular complexity index is 1060. The molecule has 0 spiro atoms. The van der Waals surface area contributed by atoms with Gasteiger partial charge in [0.1, 0.15) is 11.5 Å². The monoisotopic (exact) mass is 427 g/mol. The van der Waals surface area contributed by atoms with Crippen LogP contribution in [0.15, 0.2) is 47.3 Å². The van der Waals surface area contributed by atoms with Crippen LogP contribution >= 0.6 is 11.5 Å². The highest BCUT2D eigenvalue weighted by atomic mass is 32.1. The molecule has 1 heterocycles. The van der Waals surface area contributed by atoms with Gasteiger partial charge in [0, 0.05) is 6.04 Å². The predicted molar refractivity (Wildman–Crippen MR) is 117 cm³/mol. The summed E-state index contributed by atoms with van der Waals surface area (Å²) in [4.78, 5) is 23.5. The Morgan fingerprint density at radius 1 is 1.00 bits per heavy atom. The van der Waals surface area contributed by atoms with E-state index < -0.39 is 5.97 Å². The summed E-state index contributed by atoms with van der Waals surface area (Å²) >= 11 is 1.55. The van der Waals surface area contributed by atoms with Crippen LogP contribution in [0.4, 0.5) is 0 Å². The molecule has 0 atom stereocenters. The van der Waals surface area contributed by atoms with Crippen molar-refractivity contribution in [3.63, 3.8) is 0 Å². The number of aromatic carboxylic acids is 1. The van der Waals surface area contributed by atoms with Crippen LogP contribution in [0.5, 0.6) is 11.5 Å². The molecule has 1 N–H and O–H groups in total. The smallest absolute Gasteiger partial charge is 0.335 e. The number of carbonyl (C=O) groups is 1. The number of benzene rings is 2. The molecule has 158 valence electrons. The van der Waals surface area contributed by atoms with Gasteiger partial charge in [0.25, 0.3) is 5.56 Å². The van der Waals surface area contributed by atoms with Crippen molar-refractivity contribution in [1.82, 2.24) is 3.96 Å². The van der Waals surface area contributed by atoms with Crippen LogP contribution in [-0.2, 0) is 0 Å². The SMILES string of the molecule is O=C(O)c1ccc(OCCCCOc2ccc3c(=O)n(C4CCCC4)sc3c2)cc1. The maximum atomic E-state index is 12.6. The topological polar surface area (TPSA) is 77.8 Å². The van der Waals surface area contributed by atoms with Gasteiger partial charge in [0.2, 0.25) is 0 Å². The lowest BCUT2D eigenvalue weighted by Crippen LogP contribution is -2.16. The average molecular weight is 428 g/mol. The van der Waals surface area contributed by atoms with Crippen LogP contribution in [0.25, 0.3) is 10.1 Å². The van der Waals surface area contributed by atoms with E-state index in [1.165, 1.54) is 25.0 Å². The van der Waals surface area contributed by atoms with E-state index in [9.17, 15) is 9.59 Å². The van der Waals surface area contributed by atoms with Crippen molar-refractivity contribution in [2.45, 2.75) is 44.6 Å². The molecule has 6 nitrogen and oxygen atoms in total. The first kappa shape index (κ1) is 20.5. The molecule has 1 aliphatic rings. The number of carboxylic acids is 1. The Morgan fingerprint density at radius 3 is 2.30 bits per heavy atom. The van der Waals surface area contributed by atoms with Crippen molar-refractivity contribution in [2.75, 3.05) is 13.2 Å². The summed E-state index contributed by atoms with van der Waals surface area (Å²) in [5, 5.41) is 9.67. The highest BCUT2D eigenvalue weighted by Crippen LogP contribution is 2.32. The fraction of sp³-hybridized carbons (Fsp3) is 0.391. The summed E-state index contributed by atoms with van der Waals surface area (Å²) in [5.41, 5.74) is 0.373. The van der Waals surface area contributed by atoms with E-state index in [0.29, 0.717) is 25.0 Å². The van der Waals surface area contributed by atoms with Gasteiger partial charge in [-0.05, 0) is 68.1 Å². The summed E-state index contributed by atoms with van der Waals surface area (Å²) in [6.45, 7) is 1.12. The van der Waals surface area contributed by atoms with Gasteiger partial charge in [-0.2, -0.15) is 0 Å². The third-order valence-electron chi connectivity index (χ3n) is 5.41. The Morgan fingerprint density at radius 2 is 1.63 bits per heavy atom. The molecule has 4 rings (SSSR count).